The molecule has 1 aliphatic heterocycles. The number of ether oxygens (including phenoxy) is 1. The number of nitrogens with one attached hydrogen (secondary N) is 1. The van der Waals surface area contributed by atoms with Crippen LogP contribution in [0.2, 0.25) is 0 Å². The maximum Gasteiger partial charge on any atom is 0.194 e. The van der Waals surface area contributed by atoms with Gasteiger partial charge in [0.15, 0.2) is 5.96 Å². The van der Waals surface area contributed by atoms with Crippen molar-refractivity contribution in [3.8, 4) is 5.75 Å². The highest BCUT2D eigenvalue weighted by molar-refractivity contribution is 7.14. The van der Waals surface area contributed by atoms with E-state index in [-0.39, 0.29) is 0 Å². The molecule has 2 aromatic rings. The molecule has 26 heavy (non-hydrogen) atoms. The molecule has 1 N–H and O–H groups in total. The van der Waals surface area contributed by atoms with Crippen LogP contribution in [-0.2, 0) is 6.42 Å². The van der Waals surface area contributed by atoms with Crippen molar-refractivity contribution in [3.63, 3.8) is 0 Å². The molecule has 0 spiro atoms. The predicted octanol–water partition coefficient (Wildman–Crippen LogP) is 3.09. The van der Waals surface area contributed by atoms with Gasteiger partial charge in [0.1, 0.15) is 5.75 Å². The number of aliphatic imine (C=N–C) groups is 1. The molecule has 1 fully saturated rings. The van der Waals surface area contributed by atoms with E-state index in [0.717, 1.165) is 57.4 Å². The average molecular weight is 373 g/mol. The predicted molar refractivity (Wildman–Crippen MR) is 111 cm³/mol. The number of piperazine rings is 1. The minimum Gasteiger partial charge on any atom is -0.497 e. The fraction of sp³-hybridized carbons (Fsp3) is 0.450. The van der Waals surface area contributed by atoms with E-state index >= 15 is 0 Å². The summed E-state index contributed by atoms with van der Waals surface area (Å²) in [4.78, 5) is 9.68. The molecule has 1 aromatic carbocycles. The zero-order valence-electron chi connectivity index (χ0n) is 15.6. The average Bonchev–Trinajstić information content (AvgIpc) is 3.22. The van der Waals surface area contributed by atoms with Crippen LogP contribution in [0.5, 0.6) is 5.75 Å². The van der Waals surface area contributed by atoms with Gasteiger partial charge in [-0.15, -0.1) is 11.3 Å². The molecule has 0 radical (unpaired) electrons. The molecule has 0 unspecified atom stereocenters. The third-order valence-electron chi connectivity index (χ3n) is 4.53. The van der Waals surface area contributed by atoms with Gasteiger partial charge >= 0.3 is 0 Å². The summed E-state index contributed by atoms with van der Waals surface area (Å²) in [6.45, 7) is 7.89. The molecule has 3 rings (SSSR count). The quantitative estimate of drug-likeness (QED) is 0.625. The highest BCUT2D eigenvalue weighted by Crippen LogP contribution is 2.22. The third-order valence-corrected chi connectivity index (χ3v) is 5.46. The summed E-state index contributed by atoms with van der Waals surface area (Å²) in [5, 5.41) is 6.96. The third kappa shape index (κ3) is 4.91. The number of hydrogen-bond donors (Lipinski definition) is 1. The van der Waals surface area contributed by atoms with Crippen LogP contribution in [0.1, 0.15) is 12.5 Å². The number of anilines is 1. The number of methoxy groups -OCH3 is 1. The SMILES string of the molecule is CCNC(=NCCc1cccc(OC)c1)N1CCN(c2cccs2)CC1. The van der Waals surface area contributed by atoms with Crippen molar-refractivity contribution in [1.29, 1.82) is 0 Å². The van der Waals surface area contributed by atoms with Crippen LogP contribution in [0.3, 0.4) is 0 Å². The van der Waals surface area contributed by atoms with Crippen molar-refractivity contribution >= 4 is 22.3 Å². The first-order valence-corrected chi connectivity index (χ1v) is 10.1. The topological polar surface area (TPSA) is 40.1 Å². The molecular formula is C20H28N4OS. The largest absolute Gasteiger partial charge is 0.497 e. The highest BCUT2D eigenvalue weighted by atomic mass is 32.1. The molecular weight excluding hydrogens is 344 g/mol. The molecule has 5 nitrogen and oxygen atoms in total. The lowest BCUT2D eigenvalue weighted by Gasteiger charge is -2.37. The second-order valence-electron chi connectivity index (χ2n) is 6.26. The fourth-order valence-electron chi connectivity index (χ4n) is 3.13. The standard InChI is InChI=1S/C20H28N4OS/c1-3-21-20(22-10-9-17-6-4-7-18(16-17)25-2)24-13-11-23(12-14-24)19-8-5-15-26-19/h4-8,15-16H,3,9-14H2,1-2H3,(H,21,22). The lowest BCUT2D eigenvalue weighted by Crippen LogP contribution is -2.52. The van der Waals surface area contributed by atoms with Gasteiger partial charge < -0.3 is 19.9 Å². The molecule has 140 valence electrons. The molecule has 1 saturated heterocycles. The lowest BCUT2D eigenvalue weighted by molar-refractivity contribution is 0.373. The first-order chi connectivity index (χ1) is 12.8. The molecule has 1 aliphatic rings. The molecule has 0 aliphatic carbocycles. The smallest absolute Gasteiger partial charge is 0.194 e. The summed E-state index contributed by atoms with van der Waals surface area (Å²) in [6.07, 6.45) is 0.918. The summed E-state index contributed by atoms with van der Waals surface area (Å²) in [5.41, 5.74) is 1.26. The van der Waals surface area contributed by atoms with E-state index in [4.69, 9.17) is 9.73 Å². The van der Waals surface area contributed by atoms with Gasteiger partial charge in [-0.1, -0.05) is 12.1 Å². The summed E-state index contributed by atoms with van der Waals surface area (Å²) in [7, 11) is 1.70. The Balaban J connectivity index is 1.55. The molecule has 0 amide bonds. The van der Waals surface area contributed by atoms with Gasteiger partial charge in [-0.3, -0.25) is 4.99 Å². The van der Waals surface area contributed by atoms with Crippen LogP contribution in [-0.4, -0.2) is 57.2 Å². The Morgan fingerprint density at radius 1 is 1.19 bits per heavy atom. The summed E-state index contributed by atoms with van der Waals surface area (Å²) in [5.74, 6) is 1.93. The van der Waals surface area contributed by atoms with E-state index in [1.54, 1.807) is 7.11 Å². The van der Waals surface area contributed by atoms with Crippen LogP contribution in [0.25, 0.3) is 0 Å². The maximum absolute atomic E-state index is 5.30. The Bertz CT molecular complexity index is 694. The van der Waals surface area contributed by atoms with Gasteiger partial charge in [0.05, 0.1) is 12.1 Å². The van der Waals surface area contributed by atoms with Crippen molar-refractivity contribution in [2.45, 2.75) is 13.3 Å². The van der Waals surface area contributed by atoms with E-state index in [0.29, 0.717) is 0 Å². The Morgan fingerprint density at radius 2 is 2.04 bits per heavy atom. The molecule has 1 aromatic heterocycles. The number of rotatable bonds is 6. The van der Waals surface area contributed by atoms with Crippen LogP contribution < -0.4 is 15.0 Å². The normalized spacial score (nSPS) is 15.2. The van der Waals surface area contributed by atoms with Gasteiger partial charge in [0.25, 0.3) is 0 Å². The highest BCUT2D eigenvalue weighted by Gasteiger charge is 2.20. The van der Waals surface area contributed by atoms with E-state index in [1.807, 2.05) is 23.5 Å². The zero-order valence-corrected chi connectivity index (χ0v) is 16.5. The molecule has 6 heteroatoms. The zero-order chi connectivity index (χ0) is 18.2. The van der Waals surface area contributed by atoms with Gasteiger partial charge in [-0.05, 0) is 48.6 Å². The van der Waals surface area contributed by atoms with E-state index in [9.17, 15) is 0 Å². The Hall–Kier alpha value is -2.21. The number of nitrogens with zero attached hydrogens (tertiary/aromatic N) is 3. The molecule has 0 bridgehead atoms. The minimum atomic E-state index is 0.778. The van der Waals surface area contributed by atoms with Crippen molar-refractivity contribution in [2.24, 2.45) is 4.99 Å². The monoisotopic (exact) mass is 372 g/mol. The minimum absolute atomic E-state index is 0.778. The molecule has 2 heterocycles. The number of guanidine groups is 1. The molecule has 0 saturated carbocycles. The van der Waals surface area contributed by atoms with E-state index < -0.39 is 0 Å². The van der Waals surface area contributed by atoms with E-state index in [2.05, 4.69) is 51.7 Å². The summed E-state index contributed by atoms with van der Waals surface area (Å²) >= 11 is 1.82. The Labute approximate surface area is 160 Å². The number of hydrogen-bond acceptors (Lipinski definition) is 4. The second kappa shape index (κ2) is 9.48. The summed E-state index contributed by atoms with van der Waals surface area (Å²) < 4.78 is 5.30. The van der Waals surface area contributed by atoms with Gasteiger partial charge in [-0.25, -0.2) is 0 Å². The first-order valence-electron chi connectivity index (χ1n) is 9.25. The van der Waals surface area contributed by atoms with E-state index in [1.165, 1.54) is 10.6 Å². The lowest BCUT2D eigenvalue weighted by atomic mass is 10.1. The van der Waals surface area contributed by atoms with Crippen LogP contribution in [0.4, 0.5) is 5.00 Å². The van der Waals surface area contributed by atoms with Gasteiger partial charge in [-0.2, -0.15) is 0 Å². The Morgan fingerprint density at radius 3 is 2.73 bits per heavy atom. The number of benzene rings is 1. The van der Waals surface area contributed by atoms with Crippen LogP contribution in [0, 0.1) is 0 Å². The van der Waals surface area contributed by atoms with Crippen molar-refractivity contribution < 1.29 is 4.74 Å². The van der Waals surface area contributed by atoms with Crippen molar-refractivity contribution in [2.75, 3.05) is 51.3 Å². The molecule has 0 atom stereocenters. The maximum atomic E-state index is 5.30. The van der Waals surface area contributed by atoms with Gasteiger partial charge in [0.2, 0.25) is 0 Å². The Kier molecular flexibility index (Phi) is 6.77. The van der Waals surface area contributed by atoms with Crippen LogP contribution in [0.15, 0.2) is 46.8 Å². The number of thiophene rings is 1. The first kappa shape index (κ1) is 18.6. The van der Waals surface area contributed by atoms with Gasteiger partial charge in [0, 0.05) is 39.3 Å². The van der Waals surface area contributed by atoms with Crippen molar-refractivity contribution in [3.05, 3.63) is 47.3 Å². The summed E-state index contributed by atoms with van der Waals surface area (Å²) in [6, 6.07) is 12.5. The fourth-order valence-corrected chi connectivity index (χ4v) is 3.92. The van der Waals surface area contributed by atoms with Crippen LogP contribution >= 0.6 is 11.3 Å². The van der Waals surface area contributed by atoms with Crippen molar-refractivity contribution in [1.82, 2.24) is 10.2 Å². The second-order valence-corrected chi connectivity index (χ2v) is 7.19.